The van der Waals surface area contributed by atoms with E-state index in [1.807, 2.05) is 45.0 Å². The molecule has 2 aromatic rings. The number of aromatic nitrogens is 1. The Bertz CT molecular complexity index is 512. The Morgan fingerprint density at radius 2 is 2.12 bits per heavy atom. The van der Waals surface area contributed by atoms with Crippen LogP contribution in [0.25, 0.3) is 10.2 Å². The lowest BCUT2D eigenvalue weighted by atomic mass is 9.95. The van der Waals surface area contributed by atoms with Crippen molar-refractivity contribution in [1.29, 1.82) is 0 Å². The molecule has 17 heavy (non-hydrogen) atoms. The molecule has 1 heterocycles. The van der Waals surface area contributed by atoms with E-state index in [0.717, 1.165) is 15.2 Å². The number of hydrogen-bond acceptors (Lipinski definition) is 4. The number of benzene rings is 1. The Morgan fingerprint density at radius 3 is 2.76 bits per heavy atom. The van der Waals surface area contributed by atoms with Crippen molar-refractivity contribution < 1.29 is 9.53 Å². The summed E-state index contributed by atoms with van der Waals surface area (Å²) in [6.45, 7) is 5.91. The third kappa shape index (κ3) is 2.17. The molecule has 0 aliphatic rings. The van der Waals surface area contributed by atoms with Gasteiger partial charge in [0.2, 0.25) is 0 Å². The molecule has 0 bridgehead atoms. The van der Waals surface area contributed by atoms with Gasteiger partial charge in [0, 0.05) is 0 Å². The van der Waals surface area contributed by atoms with Crippen LogP contribution in [0.15, 0.2) is 24.3 Å². The van der Waals surface area contributed by atoms with Gasteiger partial charge in [0.1, 0.15) is 10.4 Å². The van der Waals surface area contributed by atoms with Gasteiger partial charge >= 0.3 is 5.97 Å². The summed E-state index contributed by atoms with van der Waals surface area (Å²) in [5.41, 5.74) is 0.254. The smallest absolute Gasteiger partial charge is 0.318 e. The van der Waals surface area contributed by atoms with Crippen molar-refractivity contribution in [1.82, 2.24) is 4.98 Å². The normalized spacial score (nSPS) is 11.7. The second-order valence-electron chi connectivity index (χ2n) is 4.33. The summed E-state index contributed by atoms with van der Waals surface area (Å²) in [5.74, 6) is -0.223. The summed E-state index contributed by atoms with van der Waals surface area (Å²) in [6, 6.07) is 7.89. The van der Waals surface area contributed by atoms with Crippen molar-refractivity contribution in [2.24, 2.45) is 0 Å². The maximum Gasteiger partial charge on any atom is 0.318 e. The average molecular weight is 249 g/mol. The highest BCUT2D eigenvalue weighted by molar-refractivity contribution is 7.18. The maximum atomic E-state index is 11.9. The van der Waals surface area contributed by atoms with E-state index in [2.05, 4.69) is 4.98 Å². The third-order valence-electron chi connectivity index (χ3n) is 2.61. The molecule has 2 rings (SSSR count). The molecule has 3 nitrogen and oxygen atoms in total. The van der Waals surface area contributed by atoms with Gasteiger partial charge in [-0.25, -0.2) is 4.98 Å². The molecule has 0 unspecified atom stereocenters. The first-order valence-electron chi connectivity index (χ1n) is 5.59. The van der Waals surface area contributed by atoms with Crippen LogP contribution in [0.5, 0.6) is 0 Å². The predicted molar refractivity (Wildman–Crippen MR) is 69.3 cm³/mol. The van der Waals surface area contributed by atoms with Crippen LogP contribution >= 0.6 is 11.3 Å². The number of carbonyl (C=O) groups excluding carboxylic acids is 1. The van der Waals surface area contributed by atoms with Gasteiger partial charge in [0.25, 0.3) is 0 Å². The fraction of sp³-hybridized carbons (Fsp3) is 0.385. The summed E-state index contributed by atoms with van der Waals surface area (Å²) >= 11 is 1.55. The molecule has 0 aliphatic carbocycles. The van der Waals surface area contributed by atoms with E-state index in [4.69, 9.17) is 4.74 Å². The zero-order chi connectivity index (χ0) is 12.5. The van der Waals surface area contributed by atoms with Gasteiger partial charge in [0.05, 0.1) is 16.8 Å². The quantitative estimate of drug-likeness (QED) is 0.784. The van der Waals surface area contributed by atoms with Gasteiger partial charge in [-0.15, -0.1) is 11.3 Å². The van der Waals surface area contributed by atoms with Crippen molar-refractivity contribution >= 4 is 27.5 Å². The lowest BCUT2D eigenvalue weighted by Crippen LogP contribution is -2.30. The summed E-state index contributed by atoms with van der Waals surface area (Å²) in [4.78, 5) is 16.4. The van der Waals surface area contributed by atoms with Gasteiger partial charge in [-0.3, -0.25) is 4.79 Å². The number of hydrogen-bond donors (Lipinski definition) is 0. The maximum absolute atomic E-state index is 11.9. The SMILES string of the molecule is CCOC(=O)C(C)(C)c1nc2ccccc2s1. The van der Waals surface area contributed by atoms with Crippen LogP contribution in [0.3, 0.4) is 0 Å². The topological polar surface area (TPSA) is 39.2 Å². The minimum atomic E-state index is -0.681. The molecule has 0 saturated carbocycles. The van der Waals surface area contributed by atoms with E-state index < -0.39 is 5.41 Å². The van der Waals surface area contributed by atoms with Gasteiger partial charge in [-0.05, 0) is 32.9 Å². The molecule has 90 valence electrons. The summed E-state index contributed by atoms with van der Waals surface area (Å²) in [6.07, 6.45) is 0. The second kappa shape index (κ2) is 4.45. The highest BCUT2D eigenvalue weighted by atomic mass is 32.1. The summed E-state index contributed by atoms with van der Waals surface area (Å²) < 4.78 is 6.18. The number of carbonyl (C=O) groups is 1. The molecule has 0 fully saturated rings. The van der Waals surface area contributed by atoms with E-state index in [1.54, 1.807) is 11.3 Å². The van der Waals surface area contributed by atoms with Gasteiger partial charge in [0.15, 0.2) is 0 Å². The number of fused-ring (bicyclic) bond motifs is 1. The van der Waals surface area contributed by atoms with Crippen LogP contribution in [-0.4, -0.2) is 17.6 Å². The minimum absolute atomic E-state index is 0.223. The van der Waals surface area contributed by atoms with E-state index >= 15 is 0 Å². The number of para-hydroxylation sites is 1. The lowest BCUT2D eigenvalue weighted by Gasteiger charge is -2.19. The van der Waals surface area contributed by atoms with Gasteiger partial charge in [-0.2, -0.15) is 0 Å². The molecule has 0 saturated heterocycles. The highest BCUT2D eigenvalue weighted by Crippen LogP contribution is 2.32. The zero-order valence-electron chi connectivity index (χ0n) is 10.2. The first-order valence-corrected chi connectivity index (χ1v) is 6.40. The Kier molecular flexibility index (Phi) is 3.15. The van der Waals surface area contributed by atoms with Gasteiger partial charge in [-0.1, -0.05) is 12.1 Å². The van der Waals surface area contributed by atoms with Gasteiger partial charge < -0.3 is 4.74 Å². The van der Waals surface area contributed by atoms with Crippen LogP contribution in [0.1, 0.15) is 25.8 Å². The predicted octanol–water partition coefficient (Wildman–Crippen LogP) is 3.14. The van der Waals surface area contributed by atoms with Crippen LogP contribution < -0.4 is 0 Å². The lowest BCUT2D eigenvalue weighted by molar-refractivity contribution is -0.148. The van der Waals surface area contributed by atoms with Crippen molar-refractivity contribution in [3.05, 3.63) is 29.3 Å². The van der Waals surface area contributed by atoms with E-state index in [-0.39, 0.29) is 5.97 Å². The molecule has 0 N–H and O–H groups in total. The largest absolute Gasteiger partial charge is 0.465 e. The van der Waals surface area contributed by atoms with Crippen LogP contribution in [0, 0.1) is 0 Å². The monoisotopic (exact) mass is 249 g/mol. The molecule has 1 aromatic carbocycles. The number of rotatable bonds is 3. The molecular weight excluding hydrogens is 234 g/mol. The van der Waals surface area contributed by atoms with Crippen molar-refractivity contribution in [2.75, 3.05) is 6.61 Å². The zero-order valence-corrected chi connectivity index (χ0v) is 11.0. The van der Waals surface area contributed by atoms with Crippen LogP contribution in [0.2, 0.25) is 0 Å². The van der Waals surface area contributed by atoms with Crippen LogP contribution in [0.4, 0.5) is 0 Å². The third-order valence-corrected chi connectivity index (χ3v) is 3.97. The first-order chi connectivity index (χ1) is 8.05. The van der Waals surface area contributed by atoms with E-state index in [9.17, 15) is 4.79 Å². The number of nitrogens with zero attached hydrogens (tertiary/aromatic N) is 1. The van der Waals surface area contributed by atoms with Crippen molar-refractivity contribution in [3.63, 3.8) is 0 Å². The molecular formula is C13H15NO2S. The Balaban J connectivity index is 2.41. The minimum Gasteiger partial charge on any atom is -0.465 e. The molecule has 0 spiro atoms. The summed E-state index contributed by atoms with van der Waals surface area (Å²) in [5, 5.41) is 0.803. The van der Waals surface area contributed by atoms with E-state index in [1.165, 1.54) is 0 Å². The van der Waals surface area contributed by atoms with Crippen molar-refractivity contribution in [3.8, 4) is 0 Å². The standard InChI is InChI=1S/C13H15NO2S/c1-4-16-12(15)13(2,3)11-14-9-7-5-6-8-10(9)17-11/h5-8H,4H2,1-3H3. The first kappa shape index (κ1) is 12.0. The second-order valence-corrected chi connectivity index (χ2v) is 5.36. The molecule has 1 aromatic heterocycles. The fourth-order valence-electron chi connectivity index (χ4n) is 1.54. The fourth-order valence-corrected chi connectivity index (χ4v) is 2.59. The Hall–Kier alpha value is -1.42. The summed E-state index contributed by atoms with van der Waals surface area (Å²) in [7, 11) is 0. The average Bonchev–Trinajstić information content (AvgIpc) is 2.73. The van der Waals surface area contributed by atoms with E-state index in [0.29, 0.717) is 6.61 Å². The number of esters is 1. The molecule has 0 aliphatic heterocycles. The number of ether oxygens (including phenoxy) is 1. The number of thiazole rings is 1. The molecule has 0 atom stereocenters. The Labute approximate surface area is 104 Å². The van der Waals surface area contributed by atoms with Crippen LogP contribution in [-0.2, 0) is 14.9 Å². The van der Waals surface area contributed by atoms with Crippen molar-refractivity contribution in [2.45, 2.75) is 26.2 Å². The molecule has 0 radical (unpaired) electrons. The molecule has 0 amide bonds. The molecule has 4 heteroatoms. The highest BCUT2D eigenvalue weighted by Gasteiger charge is 2.34. The Morgan fingerprint density at radius 1 is 1.41 bits per heavy atom.